The lowest BCUT2D eigenvalue weighted by atomic mass is 10.1. The number of urea groups is 1. The molecule has 2 aromatic carbocycles. The highest BCUT2D eigenvalue weighted by molar-refractivity contribution is 7.99. The number of amides is 4. The molecule has 0 spiro atoms. The Balaban J connectivity index is 1.53. The molecule has 0 aliphatic carbocycles. The van der Waals surface area contributed by atoms with Crippen LogP contribution in [0, 0.1) is 13.8 Å². The lowest BCUT2D eigenvalue weighted by Gasteiger charge is -2.23. The van der Waals surface area contributed by atoms with E-state index in [2.05, 4.69) is 26.1 Å². The standard InChI is InChI=1S/C23H23ClN6O3S/c1-13-7-14(2)9-16(8-13)25-21(32)12-34-23-29-28-19(10-17-11-20(31)27-22(33)26-17)30(23)18-5-3-15(24)4-6-18/h3-9,17H,10-12H2,1-2H3,(H,25,32)(H2,26,27,31,33). The maximum atomic E-state index is 12.6. The van der Waals surface area contributed by atoms with Crippen LogP contribution in [-0.2, 0) is 16.0 Å². The van der Waals surface area contributed by atoms with Crippen LogP contribution < -0.4 is 16.0 Å². The SMILES string of the molecule is Cc1cc(C)cc(NC(=O)CSc2nnc(CC3CC(=O)NC(=O)N3)n2-c2ccc(Cl)cc2)c1. The van der Waals surface area contributed by atoms with E-state index in [1.165, 1.54) is 11.8 Å². The normalized spacial score (nSPS) is 15.6. The van der Waals surface area contributed by atoms with Crippen molar-refractivity contribution in [3.8, 4) is 5.69 Å². The van der Waals surface area contributed by atoms with Gasteiger partial charge in [0.25, 0.3) is 0 Å². The van der Waals surface area contributed by atoms with Gasteiger partial charge in [-0.1, -0.05) is 29.4 Å². The third kappa shape index (κ3) is 5.95. The average Bonchev–Trinajstić information content (AvgIpc) is 3.13. The average molecular weight is 499 g/mol. The molecule has 0 saturated carbocycles. The zero-order valence-electron chi connectivity index (χ0n) is 18.6. The van der Waals surface area contributed by atoms with Crippen LogP contribution in [0.15, 0.2) is 47.6 Å². The predicted octanol–water partition coefficient (Wildman–Crippen LogP) is 3.41. The Bertz CT molecular complexity index is 1210. The van der Waals surface area contributed by atoms with E-state index in [1.807, 2.05) is 48.7 Å². The number of nitrogens with one attached hydrogen (secondary N) is 3. The number of anilines is 1. The lowest BCUT2D eigenvalue weighted by molar-refractivity contribution is -0.121. The summed E-state index contributed by atoms with van der Waals surface area (Å²) in [5.41, 5.74) is 3.64. The summed E-state index contributed by atoms with van der Waals surface area (Å²) >= 11 is 7.30. The van der Waals surface area contributed by atoms with E-state index < -0.39 is 12.1 Å². The molecule has 1 aromatic heterocycles. The van der Waals surface area contributed by atoms with E-state index in [-0.39, 0.29) is 24.0 Å². The molecule has 1 atom stereocenters. The molecule has 1 unspecified atom stereocenters. The molecule has 4 rings (SSSR count). The van der Waals surface area contributed by atoms with Gasteiger partial charge in [0, 0.05) is 35.3 Å². The van der Waals surface area contributed by atoms with Gasteiger partial charge >= 0.3 is 6.03 Å². The first-order valence-electron chi connectivity index (χ1n) is 10.6. The third-order valence-electron chi connectivity index (χ3n) is 5.07. The third-order valence-corrected chi connectivity index (χ3v) is 6.25. The Morgan fingerprint density at radius 1 is 1.15 bits per heavy atom. The summed E-state index contributed by atoms with van der Waals surface area (Å²) in [5, 5.41) is 17.5. The number of nitrogens with zero attached hydrogens (tertiary/aromatic N) is 3. The van der Waals surface area contributed by atoms with Crippen LogP contribution in [0.25, 0.3) is 5.69 Å². The van der Waals surface area contributed by atoms with Gasteiger partial charge in [0.15, 0.2) is 5.16 Å². The van der Waals surface area contributed by atoms with Crippen LogP contribution in [0.2, 0.25) is 5.02 Å². The van der Waals surface area contributed by atoms with Crippen LogP contribution in [-0.4, -0.2) is 44.4 Å². The Morgan fingerprint density at radius 2 is 1.85 bits per heavy atom. The summed E-state index contributed by atoms with van der Waals surface area (Å²) in [4.78, 5) is 36.1. The van der Waals surface area contributed by atoms with Gasteiger partial charge in [0.2, 0.25) is 11.8 Å². The van der Waals surface area contributed by atoms with E-state index in [0.717, 1.165) is 22.5 Å². The first-order valence-corrected chi connectivity index (χ1v) is 11.9. The Morgan fingerprint density at radius 3 is 2.53 bits per heavy atom. The molecule has 4 amide bonds. The number of thioether (sulfide) groups is 1. The first-order chi connectivity index (χ1) is 16.3. The smallest absolute Gasteiger partial charge is 0.321 e. The van der Waals surface area contributed by atoms with Gasteiger partial charge in [-0.3, -0.25) is 19.5 Å². The molecule has 176 valence electrons. The van der Waals surface area contributed by atoms with Crippen LogP contribution in [0.1, 0.15) is 23.4 Å². The molecular formula is C23H23ClN6O3S. The Hall–Kier alpha value is -3.37. The fourth-order valence-corrected chi connectivity index (χ4v) is 4.66. The highest BCUT2D eigenvalue weighted by Crippen LogP contribution is 2.25. The van der Waals surface area contributed by atoms with E-state index in [1.54, 1.807) is 12.1 Å². The van der Waals surface area contributed by atoms with Gasteiger partial charge in [-0.25, -0.2) is 4.79 Å². The van der Waals surface area contributed by atoms with Crippen molar-refractivity contribution in [2.24, 2.45) is 0 Å². The van der Waals surface area contributed by atoms with Crippen LogP contribution in [0.3, 0.4) is 0 Å². The number of carbonyl (C=O) groups is 3. The van der Waals surface area contributed by atoms with E-state index in [4.69, 9.17) is 11.6 Å². The summed E-state index contributed by atoms with van der Waals surface area (Å²) in [7, 11) is 0. The molecular weight excluding hydrogens is 476 g/mol. The monoisotopic (exact) mass is 498 g/mol. The van der Waals surface area contributed by atoms with Crippen molar-refractivity contribution in [2.75, 3.05) is 11.1 Å². The van der Waals surface area contributed by atoms with Gasteiger partial charge in [0.05, 0.1) is 5.75 Å². The number of carbonyl (C=O) groups excluding carboxylic acids is 3. The molecule has 1 aliphatic heterocycles. The zero-order valence-corrected chi connectivity index (χ0v) is 20.2. The summed E-state index contributed by atoms with van der Waals surface area (Å²) < 4.78 is 1.81. The van der Waals surface area contributed by atoms with Crippen molar-refractivity contribution in [3.05, 3.63) is 64.4 Å². The molecule has 2 heterocycles. The van der Waals surface area contributed by atoms with Gasteiger partial charge in [-0.05, 0) is 61.4 Å². The van der Waals surface area contributed by atoms with Gasteiger partial charge in [0.1, 0.15) is 5.82 Å². The molecule has 0 bridgehead atoms. The second kappa shape index (κ2) is 10.3. The van der Waals surface area contributed by atoms with Crippen molar-refractivity contribution in [3.63, 3.8) is 0 Å². The predicted molar refractivity (Wildman–Crippen MR) is 130 cm³/mol. The number of aromatic nitrogens is 3. The number of hydrogen-bond donors (Lipinski definition) is 3. The number of imide groups is 1. The molecule has 1 fully saturated rings. The quantitative estimate of drug-likeness (QED) is 0.430. The summed E-state index contributed by atoms with van der Waals surface area (Å²) in [5.74, 6) is 0.170. The summed E-state index contributed by atoms with van der Waals surface area (Å²) in [6.45, 7) is 3.96. The number of benzene rings is 2. The van der Waals surface area contributed by atoms with Crippen molar-refractivity contribution < 1.29 is 14.4 Å². The second-order valence-electron chi connectivity index (χ2n) is 8.05. The van der Waals surface area contributed by atoms with Crippen LogP contribution in [0.4, 0.5) is 10.5 Å². The Labute approximate surface area is 205 Å². The second-order valence-corrected chi connectivity index (χ2v) is 9.43. The van der Waals surface area contributed by atoms with Crippen molar-refractivity contribution in [1.82, 2.24) is 25.4 Å². The summed E-state index contributed by atoms with van der Waals surface area (Å²) in [6, 6.07) is 12.1. The zero-order chi connectivity index (χ0) is 24.2. The number of rotatable bonds is 7. The minimum absolute atomic E-state index is 0.126. The van der Waals surface area contributed by atoms with E-state index in [9.17, 15) is 14.4 Å². The molecule has 1 saturated heterocycles. The fraction of sp³-hybridized carbons (Fsp3) is 0.261. The van der Waals surface area contributed by atoms with Gasteiger partial charge in [-0.2, -0.15) is 0 Å². The molecule has 1 aliphatic rings. The van der Waals surface area contributed by atoms with Crippen molar-refractivity contribution in [1.29, 1.82) is 0 Å². The number of hydrogen-bond acceptors (Lipinski definition) is 6. The van der Waals surface area contributed by atoms with Gasteiger partial charge < -0.3 is 10.6 Å². The minimum atomic E-state index is -0.531. The topological polar surface area (TPSA) is 118 Å². The maximum Gasteiger partial charge on any atom is 0.321 e. The number of aryl methyl sites for hydroxylation is 2. The maximum absolute atomic E-state index is 12.6. The molecule has 9 nitrogen and oxygen atoms in total. The lowest BCUT2D eigenvalue weighted by Crippen LogP contribution is -2.53. The van der Waals surface area contributed by atoms with Crippen molar-refractivity contribution in [2.45, 2.75) is 37.9 Å². The van der Waals surface area contributed by atoms with Gasteiger partial charge in [-0.15, -0.1) is 10.2 Å². The fourth-order valence-electron chi connectivity index (χ4n) is 3.77. The highest BCUT2D eigenvalue weighted by Gasteiger charge is 2.27. The molecule has 11 heteroatoms. The van der Waals surface area contributed by atoms with Crippen LogP contribution in [0.5, 0.6) is 0 Å². The number of halogens is 1. The minimum Gasteiger partial charge on any atom is -0.334 e. The molecule has 3 aromatic rings. The Kier molecular flexibility index (Phi) is 7.18. The first kappa shape index (κ1) is 23.8. The van der Waals surface area contributed by atoms with Crippen LogP contribution >= 0.6 is 23.4 Å². The molecule has 34 heavy (non-hydrogen) atoms. The van der Waals surface area contributed by atoms with E-state index in [0.29, 0.717) is 22.4 Å². The largest absolute Gasteiger partial charge is 0.334 e. The molecule has 0 radical (unpaired) electrons. The summed E-state index contributed by atoms with van der Waals surface area (Å²) in [6.07, 6.45) is 0.435. The van der Waals surface area contributed by atoms with E-state index >= 15 is 0 Å². The highest BCUT2D eigenvalue weighted by atomic mass is 35.5. The molecule has 3 N–H and O–H groups in total. The van der Waals surface area contributed by atoms with Crippen molar-refractivity contribution >= 4 is 46.9 Å².